The lowest BCUT2D eigenvalue weighted by molar-refractivity contribution is -0.154. The van der Waals surface area contributed by atoms with Crippen molar-refractivity contribution in [3.05, 3.63) is 70.8 Å². The van der Waals surface area contributed by atoms with E-state index in [9.17, 15) is 19.5 Å². The van der Waals surface area contributed by atoms with E-state index in [2.05, 4.69) is 0 Å². The van der Waals surface area contributed by atoms with E-state index in [1.165, 1.54) is 21.3 Å². The second-order valence-electron chi connectivity index (χ2n) is 10.9. The summed E-state index contributed by atoms with van der Waals surface area (Å²) in [4.78, 5) is 40.7. The van der Waals surface area contributed by atoms with E-state index < -0.39 is 41.1 Å². The molecule has 3 heterocycles. The lowest BCUT2D eigenvalue weighted by atomic mass is 9.67. The van der Waals surface area contributed by atoms with Gasteiger partial charge in [0.05, 0.1) is 26.9 Å². The fraction of sp³-hybridized carbons (Fsp3) is 0.281. The first-order valence-corrected chi connectivity index (χ1v) is 13.3. The minimum atomic E-state index is -1.62. The number of rotatable bonds is 3. The van der Waals surface area contributed by atoms with Gasteiger partial charge in [0.25, 0.3) is 0 Å². The third-order valence-electron chi connectivity index (χ3n) is 8.73. The van der Waals surface area contributed by atoms with Gasteiger partial charge in [0.2, 0.25) is 5.60 Å². The Bertz CT molecular complexity index is 1890. The van der Waals surface area contributed by atoms with Gasteiger partial charge < -0.3 is 33.5 Å². The van der Waals surface area contributed by atoms with Crippen molar-refractivity contribution in [2.24, 2.45) is 0 Å². The molecule has 0 unspecified atom stereocenters. The number of aromatic hydroxyl groups is 1. The van der Waals surface area contributed by atoms with Crippen LogP contribution in [0.15, 0.2) is 48.5 Å². The molecule has 1 spiro atoms. The van der Waals surface area contributed by atoms with Crippen LogP contribution in [-0.2, 0) is 19.0 Å². The van der Waals surface area contributed by atoms with Crippen LogP contribution in [0.5, 0.6) is 23.0 Å². The Labute approximate surface area is 239 Å². The minimum absolute atomic E-state index is 0.0872. The highest BCUT2D eigenvalue weighted by atomic mass is 16.6. The topological polar surface area (TPSA) is 127 Å². The van der Waals surface area contributed by atoms with E-state index in [0.717, 1.165) is 0 Å². The highest BCUT2D eigenvalue weighted by Crippen LogP contribution is 2.68. The molecule has 1 N–H and O–H groups in total. The number of hydrogen-bond donors (Lipinski definition) is 1. The molecular weight excluding hydrogens is 544 g/mol. The van der Waals surface area contributed by atoms with E-state index in [-0.39, 0.29) is 33.9 Å². The van der Waals surface area contributed by atoms with Crippen LogP contribution < -0.4 is 14.2 Å². The number of fused-ring (bicyclic) bond motifs is 8. The monoisotopic (exact) mass is 570 g/mol. The Morgan fingerprint density at radius 2 is 1.36 bits per heavy atom. The van der Waals surface area contributed by atoms with Crippen molar-refractivity contribution in [1.29, 1.82) is 0 Å². The molecular formula is C32H26O10. The third-order valence-corrected chi connectivity index (χ3v) is 8.73. The molecule has 1 saturated heterocycles. The zero-order valence-electron chi connectivity index (χ0n) is 23.4. The number of carbonyl (C=O) groups excluding carboxylic acids is 3. The number of ether oxygens (including phenoxy) is 6. The average molecular weight is 571 g/mol. The van der Waals surface area contributed by atoms with Gasteiger partial charge in [-0.3, -0.25) is 4.79 Å². The highest BCUT2D eigenvalue weighted by Gasteiger charge is 2.76. The first-order chi connectivity index (χ1) is 20.1. The molecule has 0 amide bonds. The van der Waals surface area contributed by atoms with Crippen molar-refractivity contribution in [3.63, 3.8) is 0 Å². The van der Waals surface area contributed by atoms with Crippen LogP contribution in [0.1, 0.15) is 57.7 Å². The number of cyclic esters (lactones) is 1. The van der Waals surface area contributed by atoms with E-state index in [1.54, 1.807) is 50.2 Å². The van der Waals surface area contributed by atoms with Gasteiger partial charge in [-0.1, -0.05) is 48.5 Å². The second kappa shape index (κ2) is 8.51. The lowest BCUT2D eigenvalue weighted by Gasteiger charge is -2.45. The van der Waals surface area contributed by atoms with Gasteiger partial charge in [0.15, 0.2) is 11.7 Å². The Hall–Kier alpha value is -4.99. The molecule has 3 aliphatic heterocycles. The largest absolute Gasteiger partial charge is 0.506 e. The molecule has 214 valence electrons. The normalized spacial score (nSPS) is 22.6. The fourth-order valence-corrected chi connectivity index (χ4v) is 6.99. The van der Waals surface area contributed by atoms with E-state index in [0.29, 0.717) is 32.9 Å². The average Bonchev–Trinajstić information content (AvgIpc) is 3.45. The Morgan fingerprint density at radius 1 is 0.786 bits per heavy atom. The molecule has 0 aromatic heterocycles. The van der Waals surface area contributed by atoms with Crippen molar-refractivity contribution in [1.82, 2.24) is 0 Å². The molecule has 3 aliphatic rings. The molecule has 10 nitrogen and oxygen atoms in total. The molecule has 0 saturated carbocycles. The molecule has 0 radical (unpaired) electrons. The molecule has 10 heteroatoms. The van der Waals surface area contributed by atoms with Crippen molar-refractivity contribution in [2.45, 2.75) is 37.1 Å². The van der Waals surface area contributed by atoms with Crippen molar-refractivity contribution in [2.75, 3.05) is 21.3 Å². The molecule has 0 bridgehead atoms. The summed E-state index contributed by atoms with van der Waals surface area (Å²) in [6.45, 7) is 3.38. The van der Waals surface area contributed by atoms with Crippen molar-refractivity contribution >= 4 is 39.5 Å². The summed E-state index contributed by atoms with van der Waals surface area (Å²) in [5.41, 5.74) is -2.67. The SMILES string of the molecule is COC(=O)c1c2c(c3ccccc3c1O)O[C@H]1c3c(C(=O)OC)c(OC)c4ccccc4c3O[C@@]13[C@@H]2C(=O)OC3(C)C. The summed E-state index contributed by atoms with van der Waals surface area (Å²) in [5.74, 6) is -3.11. The van der Waals surface area contributed by atoms with Gasteiger partial charge in [0.1, 0.15) is 40.0 Å². The van der Waals surface area contributed by atoms with Gasteiger partial charge in [-0.15, -0.1) is 0 Å². The lowest BCUT2D eigenvalue weighted by Crippen LogP contribution is -2.59. The van der Waals surface area contributed by atoms with Gasteiger partial charge in [-0.2, -0.15) is 0 Å². The van der Waals surface area contributed by atoms with Crippen LogP contribution in [-0.4, -0.2) is 55.5 Å². The smallest absolute Gasteiger partial charge is 0.342 e. The van der Waals surface area contributed by atoms with Gasteiger partial charge in [-0.25, -0.2) is 9.59 Å². The number of phenolic OH excluding ortho intramolecular Hbond substituents is 1. The summed E-state index contributed by atoms with van der Waals surface area (Å²) in [6.07, 6.45) is -1.10. The summed E-state index contributed by atoms with van der Waals surface area (Å²) in [6, 6.07) is 14.0. The van der Waals surface area contributed by atoms with Crippen LogP contribution in [0.25, 0.3) is 21.5 Å². The van der Waals surface area contributed by atoms with Crippen molar-refractivity contribution < 1.29 is 47.9 Å². The summed E-state index contributed by atoms with van der Waals surface area (Å²) >= 11 is 0. The predicted octanol–water partition coefficient (Wildman–Crippen LogP) is 4.96. The van der Waals surface area contributed by atoms with Crippen LogP contribution in [0.2, 0.25) is 0 Å². The summed E-state index contributed by atoms with van der Waals surface area (Å²) < 4.78 is 35.7. The maximum absolute atomic E-state index is 13.9. The van der Waals surface area contributed by atoms with E-state index >= 15 is 0 Å². The number of esters is 3. The summed E-state index contributed by atoms with van der Waals surface area (Å²) in [5, 5.41) is 13.4. The zero-order valence-corrected chi connectivity index (χ0v) is 23.4. The molecule has 7 rings (SSSR count). The Kier molecular flexibility index (Phi) is 5.26. The predicted molar refractivity (Wildman–Crippen MR) is 148 cm³/mol. The standard InChI is InChI=1S/C32H26O10/c1-31(2)32-22(30(36)42-31)18-19(28(34)38-4)23(33)14-10-6-7-11-15(14)25(18)40-27(32)20-21(29(35)39-5)24(37-3)16-12-8-9-13-17(16)26(20)41-32/h6-13,22,27,33H,1-5H3/t22-,27-,32-/m0/s1. The van der Waals surface area contributed by atoms with E-state index in [4.69, 9.17) is 28.4 Å². The highest BCUT2D eigenvalue weighted by molar-refractivity contribution is 6.10. The quantitative estimate of drug-likeness (QED) is 0.267. The maximum atomic E-state index is 13.9. The fourth-order valence-electron chi connectivity index (χ4n) is 6.99. The molecule has 1 fully saturated rings. The number of benzene rings is 4. The van der Waals surface area contributed by atoms with Gasteiger partial charge in [-0.05, 0) is 13.8 Å². The first-order valence-electron chi connectivity index (χ1n) is 13.3. The van der Waals surface area contributed by atoms with Crippen LogP contribution in [0.4, 0.5) is 0 Å². The molecule has 4 aromatic carbocycles. The number of methoxy groups -OCH3 is 3. The molecule has 42 heavy (non-hydrogen) atoms. The Morgan fingerprint density at radius 3 is 1.98 bits per heavy atom. The van der Waals surface area contributed by atoms with Crippen LogP contribution in [0, 0.1) is 0 Å². The molecule has 3 atom stereocenters. The zero-order chi connectivity index (χ0) is 29.7. The number of phenols is 1. The number of hydrogen-bond acceptors (Lipinski definition) is 10. The minimum Gasteiger partial charge on any atom is -0.506 e. The third kappa shape index (κ3) is 2.91. The van der Waals surface area contributed by atoms with Crippen LogP contribution in [0.3, 0.4) is 0 Å². The Balaban J connectivity index is 1.66. The second-order valence-corrected chi connectivity index (χ2v) is 10.9. The molecule has 0 aliphatic carbocycles. The summed E-state index contributed by atoms with van der Waals surface area (Å²) in [7, 11) is 3.91. The first kappa shape index (κ1) is 25.9. The van der Waals surface area contributed by atoms with Gasteiger partial charge in [0, 0.05) is 27.1 Å². The van der Waals surface area contributed by atoms with E-state index in [1.807, 2.05) is 12.1 Å². The van der Waals surface area contributed by atoms with Gasteiger partial charge >= 0.3 is 17.9 Å². The van der Waals surface area contributed by atoms with Crippen LogP contribution >= 0.6 is 0 Å². The maximum Gasteiger partial charge on any atom is 0.342 e. The molecule has 4 aromatic rings. The van der Waals surface area contributed by atoms with Crippen molar-refractivity contribution in [3.8, 4) is 23.0 Å². The number of carbonyl (C=O) groups is 3.